The zero-order valence-electron chi connectivity index (χ0n) is 26.0. The molecule has 1 atom stereocenters. The van der Waals surface area contributed by atoms with E-state index in [1.165, 1.54) is 0 Å². The van der Waals surface area contributed by atoms with Gasteiger partial charge < -0.3 is 35.0 Å². The number of aromatic nitrogens is 1. The predicted octanol–water partition coefficient (Wildman–Crippen LogP) is 3.56. The lowest BCUT2D eigenvalue weighted by atomic mass is 9.99. The number of piperidine rings is 1. The number of unbranched alkanes of at least 4 members (excludes halogenated alkanes) is 2. The Morgan fingerprint density at radius 3 is 2.42 bits per heavy atom. The van der Waals surface area contributed by atoms with E-state index in [9.17, 15) is 24.3 Å². The summed E-state index contributed by atoms with van der Waals surface area (Å²) in [5, 5.41) is 15.4. The number of ether oxygens (including phenoxy) is 2. The van der Waals surface area contributed by atoms with Crippen LogP contribution in [0.2, 0.25) is 0 Å². The quantitative estimate of drug-likeness (QED) is 0.269. The van der Waals surface area contributed by atoms with Crippen LogP contribution < -0.4 is 15.4 Å². The van der Waals surface area contributed by atoms with Crippen LogP contribution in [0.15, 0.2) is 42.5 Å². The first kappa shape index (κ1) is 33.7. The average Bonchev–Trinajstić information content (AvgIpc) is 3.07. The molecule has 0 bridgehead atoms. The molecular weight excluding hydrogens is 578 g/mol. The van der Waals surface area contributed by atoms with Crippen LogP contribution in [0.5, 0.6) is 5.75 Å². The van der Waals surface area contributed by atoms with Crippen molar-refractivity contribution in [2.45, 2.75) is 57.9 Å². The fourth-order valence-corrected chi connectivity index (χ4v) is 5.41. The third-order valence-corrected chi connectivity index (χ3v) is 8.12. The Hall–Kier alpha value is -4.19. The van der Waals surface area contributed by atoms with E-state index >= 15 is 0 Å². The van der Waals surface area contributed by atoms with Crippen LogP contribution in [0.25, 0.3) is 11.3 Å². The molecule has 2 aliphatic rings. The fourth-order valence-electron chi connectivity index (χ4n) is 5.41. The number of pyridine rings is 1. The standard InChI is InChI=1S/C33H45N5O7/c1-2-3-7-20-44-33(43)38-18-16-37(17-19-38)32(42)27(10-11-30(39)40)36-31(41)29-22-26(45-23-24-12-14-34-15-13-24)21-28(35-29)25-8-5-4-6-9-25/h4-6,8-9,21-22,24,27,34H,2-3,7,10-20,23H2,1H3,(H,36,41)(H,39,40)/t27-/m0/s1. The maximum atomic E-state index is 13.6. The van der Waals surface area contributed by atoms with Crippen molar-refractivity contribution in [3.8, 4) is 17.0 Å². The minimum Gasteiger partial charge on any atom is -0.493 e. The number of carboxylic acids is 1. The molecule has 1 aromatic heterocycles. The number of benzene rings is 1. The molecule has 4 rings (SSSR count). The minimum atomic E-state index is -1.08. The molecule has 0 saturated carbocycles. The largest absolute Gasteiger partial charge is 0.493 e. The van der Waals surface area contributed by atoms with Gasteiger partial charge in [0.15, 0.2) is 0 Å². The second-order valence-electron chi connectivity index (χ2n) is 11.5. The zero-order chi connectivity index (χ0) is 32.0. The SMILES string of the molecule is CCCCCOC(=O)N1CCN(C(=O)[C@H](CCC(=O)O)NC(=O)c2cc(OCC3CCNCC3)cc(-c3ccccc3)n2)CC1. The molecule has 0 unspecified atom stereocenters. The van der Waals surface area contributed by atoms with E-state index in [0.29, 0.717) is 30.6 Å². The molecule has 0 aliphatic carbocycles. The fraction of sp³-hybridized carbons (Fsp3) is 0.545. The highest BCUT2D eigenvalue weighted by molar-refractivity contribution is 5.97. The van der Waals surface area contributed by atoms with E-state index in [1.54, 1.807) is 21.9 Å². The van der Waals surface area contributed by atoms with Gasteiger partial charge in [-0.2, -0.15) is 0 Å². The molecular formula is C33H45N5O7. The van der Waals surface area contributed by atoms with E-state index in [1.807, 2.05) is 30.3 Å². The van der Waals surface area contributed by atoms with Crippen molar-refractivity contribution in [2.75, 3.05) is 52.5 Å². The molecule has 45 heavy (non-hydrogen) atoms. The van der Waals surface area contributed by atoms with Gasteiger partial charge in [0.05, 0.1) is 18.9 Å². The molecule has 12 heteroatoms. The second-order valence-corrected chi connectivity index (χ2v) is 11.5. The highest BCUT2D eigenvalue weighted by Crippen LogP contribution is 2.25. The molecule has 2 aliphatic heterocycles. The minimum absolute atomic E-state index is 0.0698. The summed E-state index contributed by atoms with van der Waals surface area (Å²) in [4.78, 5) is 58.7. The summed E-state index contributed by atoms with van der Waals surface area (Å²) >= 11 is 0. The second kappa shape index (κ2) is 17.3. The van der Waals surface area contributed by atoms with Crippen molar-refractivity contribution in [1.29, 1.82) is 0 Å². The summed E-state index contributed by atoms with van der Waals surface area (Å²) in [5.41, 5.74) is 1.43. The summed E-state index contributed by atoms with van der Waals surface area (Å²) in [6, 6.07) is 11.7. The van der Waals surface area contributed by atoms with E-state index in [-0.39, 0.29) is 44.7 Å². The van der Waals surface area contributed by atoms with Gasteiger partial charge in [0.2, 0.25) is 5.91 Å². The number of amides is 3. The number of nitrogens with one attached hydrogen (secondary N) is 2. The smallest absolute Gasteiger partial charge is 0.409 e. The molecule has 2 aromatic rings. The lowest BCUT2D eigenvalue weighted by Crippen LogP contribution is -2.56. The summed E-state index contributed by atoms with van der Waals surface area (Å²) in [6.45, 7) is 5.91. The van der Waals surface area contributed by atoms with Gasteiger partial charge in [0, 0.05) is 50.3 Å². The summed E-state index contributed by atoms with van der Waals surface area (Å²) in [7, 11) is 0. The summed E-state index contributed by atoms with van der Waals surface area (Å²) in [6.07, 6.45) is 4.03. The van der Waals surface area contributed by atoms with Crippen LogP contribution in [0, 0.1) is 5.92 Å². The Bertz CT molecular complexity index is 1280. The van der Waals surface area contributed by atoms with Gasteiger partial charge in [-0.05, 0) is 44.7 Å². The van der Waals surface area contributed by atoms with Crippen LogP contribution in [-0.2, 0) is 14.3 Å². The number of hydrogen-bond donors (Lipinski definition) is 3. The molecule has 3 amide bonds. The topological polar surface area (TPSA) is 150 Å². The van der Waals surface area contributed by atoms with Crippen LogP contribution in [0.4, 0.5) is 4.79 Å². The van der Waals surface area contributed by atoms with E-state index in [0.717, 1.165) is 50.8 Å². The van der Waals surface area contributed by atoms with Gasteiger partial charge in [-0.1, -0.05) is 50.1 Å². The van der Waals surface area contributed by atoms with Gasteiger partial charge in [0.1, 0.15) is 17.5 Å². The monoisotopic (exact) mass is 623 g/mol. The van der Waals surface area contributed by atoms with Crippen molar-refractivity contribution < 1.29 is 33.8 Å². The molecule has 3 N–H and O–H groups in total. The molecule has 12 nitrogen and oxygen atoms in total. The van der Waals surface area contributed by atoms with Crippen molar-refractivity contribution in [1.82, 2.24) is 25.4 Å². The van der Waals surface area contributed by atoms with Crippen LogP contribution >= 0.6 is 0 Å². The number of hydrogen-bond acceptors (Lipinski definition) is 8. The molecule has 3 heterocycles. The first-order valence-electron chi connectivity index (χ1n) is 16.0. The van der Waals surface area contributed by atoms with Gasteiger partial charge in [-0.3, -0.25) is 14.4 Å². The predicted molar refractivity (Wildman–Crippen MR) is 168 cm³/mol. The number of nitrogens with zero attached hydrogens (tertiary/aromatic N) is 3. The van der Waals surface area contributed by atoms with Crippen molar-refractivity contribution in [3.05, 3.63) is 48.2 Å². The Morgan fingerprint density at radius 2 is 1.73 bits per heavy atom. The Labute approximate surface area is 264 Å². The highest BCUT2D eigenvalue weighted by atomic mass is 16.6. The van der Waals surface area contributed by atoms with E-state index in [2.05, 4.69) is 22.5 Å². The number of piperazine rings is 1. The van der Waals surface area contributed by atoms with Crippen LogP contribution in [0.1, 0.15) is 62.4 Å². The summed E-state index contributed by atoms with van der Waals surface area (Å²) < 4.78 is 11.5. The van der Waals surface area contributed by atoms with Crippen LogP contribution in [-0.4, -0.2) is 102 Å². The van der Waals surface area contributed by atoms with E-state index in [4.69, 9.17) is 9.47 Å². The van der Waals surface area contributed by atoms with Crippen molar-refractivity contribution in [2.24, 2.45) is 5.92 Å². The van der Waals surface area contributed by atoms with Gasteiger partial charge in [-0.25, -0.2) is 9.78 Å². The molecule has 0 spiro atoms. The summed E-state index contributed by atoms with van der Waals surface area (Å²) in [5.74, 6) is -1.17. The first-order valence-corrected chi connectivity index (χ1v) is 16.0. The maximum absolute atomic E-state index is 13.6. The molecule has 1 aromatic carbocycles. The number of carboxylic acid groups (broad SMARTS) is 1. The van der Waals surface area contributed by atoms with Gasteiger partial charge in [-0.15, -0.1) is 0 Å². The zero-order valence-corrected chi connectivity index (χ0v) is 26.0. The number of carbonyl (C=O) groups is 4. The Balaban J connectivity index is 1.45. The Morgan fingerprint density at radius 1 is 1.02 bits per heavy atom. The lowest BCUT2D eigenvalue weighted by Gasteiger charge is -2.36. The van der Waals surface area contributed by atoms with Crippen molar-refractivity contribution in [3.63, 3.8) is 0 Å². The first-order chi connectivity index (χ1) is 21.8. The highest BCUT2D eigenvalue weighted by Gasteiger charge is 2.31. The number of aliphatic carboxylic acids is 1. The van der Waals surface area contributed by atoms with Crippen LogP contribution in [0.3, 0.4) is 0 Å². The third kappa shape index (κ3) is 10.4. The maximum Gasteiger partial charge on any atom is 0.409 e. The number of rotatable bonds is 14. The van der Waals surface area contributed by atoms with Gasteiger partial charge in [0.25, 0.3) is 5.91 Å². The van der Waals surface area contributed by atoms with Gasteiger partial charge >= 0.3 is 12.1 Å². The Kier molecular flexibility index (Phi) is 13.0. The lowest BCUT2D eigenvalue weighted by molar-refractivity contribution is -0.138. The van der Waals surface area contributed by atoms with Crippen molar-refractivity contribution >= 4 is 23.9 Å². The normalized spacial score (nSPS) is 16.1. The molecule has 0 radical (unpaired) electrons. The molecule has 244 valence electrons. The number of carbonyl (C=O) groups excluding carboxylic acids is 3. The molecule has 2 saturated heterocycles. The third-order valence-electron chi connectivity index (χ3n) is 8.12. The average molecular weight is 624 g/mol. The van der Waals surface area contributed by atoms with E-state index < -0.39 is 29.9 Å². The molecule has 2 fully saturated rings.